The van der Waals surface area contributed by atoms with E-state index in [1.165, 1.54) is 12.1 Å². The van der Waals surface area contributed by atoms with Gasteiger partial charge < -0.3 is 15.0 Å². The summed E-state index contributed by atoms with van der Waals surface area (Å²) in [5.41, 5.74) is 1.80. The highest BCUT2D eigenvalue weighted by molar-refractivity contribution is 5.92. The summed E-state index contributed by atoms with van der Waals surface area (Å²) >= 11 is 0. The number of fused-ring (bicyclic) bond motifs is 1. The highest BCUT2D eigenvalue weighted by Gasteiger charge is 2.24. The number of methoxy groups -OCH3 is 1. The molecule has 164 valence electrons. The Labute approximate surface area is 178 Å². The van der Waals surface area contributed by atoms with Crippen LogP contribution < -0.4 is 10.2 Å². The Hall–Kier alpha value is -2.94. The molecule has 2 atom stereocenters. The summed E-state index contributed by atoms with van der Waals surface area (Å²) in [5, 5.41) is 12.3. The van der Waals surface area contributed by atoms with E-state index in [1.807, 2.05) is 13.0 Å². The molecule has 0 radical (unpaired) electrons. The summed E-state index contributed by atoms with van der Waals surface area (Å²) < 4.78 is 46.2. The van der Waals surface area contributed by atoms with Crippen LogP contribution in [0.3, 0.4) is 0 Å². The average molecular weight is 431 g/mol. The molecule has 3 heterocycles. The van der Waals surface area contributed by atoms with E-state index in [9.17, 15) is 13.2 Å². The molecular weight excluding hydrogens is 407 g/mol. The molecule has 4 rings (SSSR count). The molecule has 1 aliphatic rings. The zero-order valence-electron chi connectivity index (χ0n) is 17.6. The Balaban J connectivity index is 1.68. The van der Waals surface area contributed by atoms with Crippen molar-refractivity contribution < 1.29 is 17.9 Å². The van der Waals surface area contributed by atoms with Gasteiger partial charge in [-0.05, 0) is 26.3 Å². The van der Waals surface area contributed by atoms with Crippen molar-refractivity contribution in [3.05, 3.63) is 53.1 Å². The first kappa shape index (κ1) is 21.3. The van der Waals surface area contributed by atoms with Crippen LogP contribution in [0.2, 0.25) is 0 Å². The maximum atomic E-state index is 14.6. The van der Waals surface area contributed by atoms with Crippen molar-refractivity contribution in [1.29, 1.82) is 0 Å². The standard InChI is InChI=1S/C22H24F3N5O/c1-12(16-5-4-6-17(19(16)23)21(24)25)27-22-18-9-14(30-8-7-15(11-30)31-3)10-26-20(18)13(2)28-29-22/h4-6,9-10,12,15,21H,7-8,11H2,1-3H3,(H,27,29). The number of hydrogen-bond acceptors (Lipinski definition) is 6. The first-order valence-corrected chi connectivity index (χ1v) is 10.1. The summed E-state index contributed by atoms with van der Waals surface area (Å²) in [6.45, 7) is 5.14. The number of halogens is 3. The van der Waals surface area contributed by atoms with Crippen LogP contribution in [0.4, 0.5) is 24.7 Å². The van der Waals surface area contributed by atoms with Gasteiger partial charge in [0.05, 0.1) is 40.8 Å². The fourth-order valence-electron chi connectivity index (χ4n) is 3.94. The van der Waals surface area contributed by atoms with Crippen LogP contribution in [0.1, 0.15) is 42.6 Å². The summed E-state index contributed by atoms with van der Waals surface area (Å²) in [6.07, 6.45) is 0.0314. The zero-order chi connectivity index (χ0) is 22.1. The first-order chi connectivity index (χ1) is 14.9. The number of nitrogens with one attached hydrogen (secondary N) is 1. The monoisotopic (exact) mass is 431 g/mol. The number of rotatable bonds is 6. The van der Waals surface area contributed by atoms with E-state index in [-0.39, 0.29) is 11.7 Å². The van der Waals surface area contributed by atoms with Crippen LogP contribution in [0, 0.1) is 12.7 Å². The lowest BCUT2D eigenvalue weighted by Gasteiger charge is -2.21. The number of hydrogen-bond donors (Lipinski definition) is 1. The minimum atomic E-state index is -2.88. The Morgan fingerprint density at radius 2 is 2.00 bits per heavy atom. The van der Waals surface area contributed by atoms with Crippen molar-refractivity contribution >= 4 is 22.4 Å². The van der Waals surface area contributed by atoms with Crippen LogP contribution in [0.5, 0.6) is 0 Å². The van der Waals surface area contributed by atoms with Gasteiger partial charge in [0, 0.05) is 31.1 Å². The van der Waals surface area contributed by atoms with E-state index in [1.54, 1.807) is 20.2 Å². The van der Waals surface area contributed by atoms with E-state index in [4.69, 9.17) is 4.74 Å². The molecule has 31 heavy (non-hydrogen) atoms. The van der Waals surface area contributed by atoms with Crippen LogP contribution in [0.15, 0.2) is 30.5 Å². The smallest absolute Gasteiger partial charge is 0.266 e. The zero-order valence-corrected chi connectivity index (χ0v) is 17.6. The van der Waals surface area contributed by atoms with Gasteiger partial charge in [0.25, 0.3) is 6.43 Å². The second-order valence-electron chi connectivity index (χ2n) is 7.73. The third kappa shape index (κ3) is 4.14. The summed E-state index contributed by atoms with van der Waals surface area (Å²) in [5.74, 6) is -0.491. The fourth-order valence-corrected chi connectivity index (χ4v) is 3.94. The topological polar surface area (TPSA) is 63.2 Å². The molecule has 1 N–H and O–H groups in total. The Kier molecular flexibility index (Phi) is 5.95. The van der Waals surface area contributed by atoms with Crippen molar-refractivity contribution in [2.24, 2.45) is 0 Å². The predicted molar refractivity (Wildman–Crippen MR) is 113 cm³/mol. The molecule has 9 heteroatoms. The molecule has 3 aromatic rings. The summed E-state index contributed by atoms with van der Waals surface area (Å²) in [4.78, 5) is 6.76. The van der Waals surface area contributed by atoms with E-state index in [2.05, 4.69) is 25.4 Å². The quantitative estimate of drug-likeness (QED) is 0.605. The van der Waals surface area contributed by atoms with Gasteiger partial charge in [-0.1, -0.05) is 18.2 Å². The van der Waals surface area contributed by atoms with Crippen molar-refractivity contribution in [2.45, 2.75) is 38.8 Å². The number of pyridine rings is 1. The largest absolute Gasteiger partial charge is 0.380 e. The number of aromatic nitrogens is 3. The van der Waals surface area contributed by atoms with Gasteiger partial charge in [0.15, 0.2) is 5.82 Å². The predicted octanol–water partition coefficient (Wildman–Crippen LogP) is 4.81. The molecule has 1 fully saturated rings. The van der Waals surface area contributed by atoms with E-state index in [0.29, 0.717) is 17.0 Å². The minimum absolute atomic E-state index is 0.139. The molecule has 6 nitrogen and oxygen atoms in total. The maximum absolute atomic E-state index is 14.6. The van der Waals surface area contributed by atoms with Gasteiger partial charge in [-0.3, -0.25) is 4.98 Å². The maximum Gasteiger partial charge on any atom is 0.266 e. The lowest BCUT2D eigenvalue weighted by Crippen LogP contribution is -2.22. The van der Waals surface area contributed by atoms with Crippen LogP contribution in [-0.4, -0.2) is 41.5 Å². The minimum Gasteiger partial charge on any atom is -0.380 e. The molecule has 2 unspecified atom stereocenters. The summed E-state index contributed by atoms with van der Waals surface area (Å²) in [7, 11) is 1.71. The number of ether oxygens (including phenoxy) is 1. The highest BCUT2D eigenvalue weighted by atomic mass is 19.3. The van der Waals surface area contributed by atoms with E-state index >= 15 is 0 Å². The molecule has 0 amide bonds. The number of alkyl halides is 2. The molecular formula is C22H24F3N5O. The molecule has 1 saturated heterocycles. The first-order valence-electron chi connectivity index (χ1n) is 10.1. The third-order valence-corrected chi connectivity index (χ3v) is 5.73. The highest BCUT2D eigenvalue weighted by Crippen LogP contribution is 2.32. The molecule has 0 spiro atoms. The lowest BCUT2D eigenvalue weighted by atomic mass is 10.0. The van der Waals surface area contributed by atoms with Gasteiger partial charge in [0.2, 0.25) is 0 Å². The number of aryl methyl sites for hydroxylation is 1. The van der Waals surface area contributed by atoms with E-state index < -0.39 is 23.8 Å². The molecule has 1 aromatic carbocycles. The molecule has 0 bridgehead atoms. The normalized spacial score (nSPS) is 17.5. The van der Waals surface area contributed by atoms with Crippen molar-refractivity contribution in [3.63, 3.8) is 0 Å². The number of benzene rings is 1. The van der Waals surface area contributed by atoms with Crippen molar-refractivity contribution in [1.82, 2.24) is 15.2 Å². The average Bonchev–Trinajstić information content (AvgIpc) is 3.25. The molecule has 1 aliphatic heterocycles. The van der Waals surface area contributed by atoms with Crippen LogP contribution in [-0.2, 0) is 4.74 Å². The van der Waals surface area contributed by atoms with E-state index in [0.717, 1.165) is 36.7 Å². The van der Waals surface area contributed by atoms with Gasteiger partial charge in [0.1, 0.15) is 5.82 Å². The second kappa shape index (κ2) is 8.66. The lowest BCUT2D eigenvalue weighted by molar-refractivity contribution is 0.121. The Morgan fingerprint density at radius 3 is 2.71 bits per heavy atom. The SMILES string of the molecule is COC1CCN(c2cnc3c(C)nnc(NC(C)c4cccc(C(F)F)c4F)c3c2)C1. The van der Waals surface area contributed by atoms with Crippen LogP contribution in [0.25, 0.3) is 10.9 Å². The number of nitrogens with zero attached hydrogens (tertiary/aromatic N) is 4. The molecule has 2 aromatic heterocycles. The second-order valence-corrected chi connectivity index (χ2v) is 7.73. The van der Waals surface area contributed by atoms with Crippen molar-refractivity contribution in [2.75, 3.05) is 30.4 Å². The van der Waals surface area contributed by atoms with Crippen molar-refractivity contribution in [3.8, 4) is 0 Å². The van der Waals surface area contributed by atoms with Gasteiger partial charge in [-0.2, -0.15) is 5.10 Å². The Bertz CT molecular complexity index is 1090. The molecule has 0 aliphatic carbocycles. The third-order valence-electron chi connectivity index (χ3n) is 5.73. The number of anilines is 2. The van der Waals surface area contributed by atoms with Gasteiger partial charge >= 0.3 is 0 Å². The van der Waals surface area contributed by atoms with Crippen LogP contribution >= 0.6 is 0 Å². The molecule has 0 saturated carbocycles. The fraction of sp³-hybridized carbons (Fsp3) is 0.409. The van der Waals surface area contributed by atoms with Gasteiger partial charge in [-0.15, -0.1) is 5.10 Å². The van der Waals surface area contributed by atoms with Gasteiger partial charge in [-0.25, -0.2) is 13.2 Å². The summed E-state index contributed by atoms with van der Waals surface area (Å²) in [6, 6.07) is 5.38. The Morgan fingerprint density at radius 1 is 1.23 bits per heavy atom.